The molecule has 5 heteroatoms. The molecule has 0 spiro atoms. The van der Waals surface area contributed by atoms with Crippen LogP contribution in [0.25, 0.3) is 0 Å². The first-order valence-electron chi connectivity index (χ1n) is 11.4. The fourth-order valence-electron chi connectivity index (χ4n) is 3.97. The van der Waals surface area contributed by atoms with Gasteiger partial charge in [-0.1, -0.05) is 50.2 Å². The minimum absolute atomic E-state index is 0.137. The molecular formula is C27H32N2O2S. The van der Waals surface area contributed by atoms with E-state index in [0.29, 0.717) is 12.5 Å². The Labute approximate surface area is 195 Å². The van der Waals surface area contributed by atoms with Crippen molar-refractivity contribution in [2.75, 3.05) is 26.2 Å². The molecule has 0 radical (unpaired) electrons. The molecule has 0 bridgehead atoms. The first kappa shape index (κ1) is 22.6. The van der Waals surface area contributed by atoms with Gasteiger partial charge in [0.1, 0.15) is 12.4 Å². The second kappa shape index (κ2) is 10.3. The number of amides is 1. The molecule has 4 nitrogen and oxygen atoms in total. The number of carbonyl (C=O) groups is 1. The van der Waals surface area contributed by atoms with Gasteiger partial charge in [-0.05, 0) is 53.1 Å². The number of ether oxygens (including phenoxy) is 1. The van der Waals surface area contributed by atoms with Gasteiger partial charge < -0.3 is 9.64 Å². The van der Waals surface area contributed by atoms with Crippen molar-refractivity contribution in [3.05, 3.63) is 87.1 Å². The van der Waals surface area contributed by atoms with Gasteiger partial charge in [0.25, 0.3) is 5.91 Å². The molecule has 32 heavy (non-hydrogen) atoms. The van der Waals surface area contributed by atoms with Crippen molar-refractivity contribution in [1.82, 2.24) is 9.80 Å². The summed E-state index contributed by atoms with van der Waals surface area (Å²) >= 11 is 1.51. The number of benzene rings is 2. The average Bonchev–Trinajstić information content (AvgIpc) is 3.29. The monoisotopic (exact) mass is 448 g/mol. The number of thiophene rings is 1. The van der Waals surface area contributed by atoms with Gasteiger partial charge in [0.05, 0.1) is 4.88 Å². The Morgan fingerprint density at radius 2 is 1.75 bits per heavy atom. The van der Waals surface area contributed by atoms with Crippen molar-refractivity contribution in [1.29, 1.82) is 0 Å². The van der Waals surface area contributed by atoms with E-state index in [2.05, 4.69) is 62.1 Å². The fraction of sp³-hybridized carbons (Fsp3) is 0.370. The third-order valence-corrected chi connectivity index (χ3v) is 7.10. The standard InChI is InChI=1S/C27H32N2O2S/c1-20(2)23-8-10-25(11-9-23)31-18-22-16-26(32-19-22)27(30)29-14-12-28(13-15-29)17-24-7-5-4-6-21(24)3/h4-11,16,19-20H,12-15,17-18H2,1-3H3. The predicted molar refractivity (Wildman–Crippen MR) is 132 cm³/mol. The third kappa shape index (κ3) is 5.59. The molecule has 1 aliphatic rings. The van der Waals surface area contributed by atoms with Crippen molar-refractivity contribution in [2.45, 2.75) is 39.8 Å². The van der Waals surface area contributed by atoms with E-state index in [-0.39, 0.29) is 5.91 Å². The molecule has 0 aliphatic carbocycles. The maximum atomic E-state index is 13.0. The van der Waals surface area contributed by atoms with Crippen LogP contribution in [0.5, 0.6) is 5.75 Å². The molecule has 1 aromatic heterocycles. The van der Waals surface area contributed by atoms with E-state index in [9.17, 15) is 4.79 Å². The number of hydrogen-bond acceptors (Lipinski definition) is 4. The van der Waals surface area contributed by atoms with Crippen molar-refractivity contribution < 1.29 is 9.53 Å². The van der Waals surface area contributed by atoms with E-state index < -0.39 is 0 Å². The number of rotatable bonds is 7. The number of nitrogens with zero attached hydrogens (tertiary/aromatic N) is 2. The molecule has 168 valence electrons. The third-order valence-electron chi connectivity index (χ3n) is 6.13. The van der Waals surface area contributed by atoms with E-state index >= 15 is 0 Å². The van der Waals surface area contributed by atoms with Gasteiger partial charge >= 0.3 is 0 Å². The minimum Gasteiger partial charge on any atom is -0.489 e. The Hall–Kier alpha value is -2.63. The summed E-state index contributed by atoms with van der Waals surface area (Å²) in [5, 5.41) is 2.03. The average molecular weight is 449 g/mol. The Balaban J connectivity index is 1.27. The van der Waals surface area contributed by atoms with E-state index in [1.165, 1.54) is 28.0 Å². The lowest BCUT2D eigenvalue weighted by Gasteiger charge is -2.34. The van der Waals surface area contributed by atoms with Crippen LogP contribution in [0.4, 0.5) is 0 Å². The van der Waals surface area contributed by atoms with Crippen LogP contribution in [0.2, 0.25) is 0 Å². The summed E-state index contributed by atoms with van der Waals surface area (Å²) in [6.07, 6.45) is 0. The molecule has 1 aliphatic heterocycles. The van der Waals surface area contributed by atoms with Crippen LogP contribution < -0.4 is 4.74 Å². The van der Waals surface area contributed by atoms with E-state index in [1.807, 2.05) is 28.5 Å². The van der Waals surface area contributed by atoms with Crippen LogP contribution in [0, 0.1) is 6.92 Å². The summed E-state index contributed by atoms with van der Waals surface area (Å²) < 4.78 is 5.92. The first-order valence-corrected chi connectivity index (χ1v) is 12.2. The Morgan fingerprint density at radius 1 is 1.03 bits per heavy atom. The maximum absolute atomic E-state index is 13.0. The van der Waals surface area contributed by atoms with E-state index in [0.717, 1.165) is 48.9 Å². The lowest BCUT2D eigenvalue weighted by atomic mass is 10.0. The number of piperazine rings is 1. The lowest BCUT2D eigenvalue weighted by molar-refractivity contribution is 0.0633. The normalized spacial score (nSPS) is 14.7. The highest BCUT2D eigenvalue weighted by Gasteiger charge is 2.23. The van der Waals surface area contributed by atoms with Crippen LogP contribution in [0.3, 0.4) is 0 Å². The van der Waals surface area contributed by atoms with Crippen LogP contribution in [-0.2, 0) is 13.2 Å². The van der Waals surface area contributed by atoms with Crippen molar-refractivity contribution in [3.63, 3.8) is 0 Å². The van der Waals surface area contributed by atoms with Crippen molar-refractivity contribution >= 4 is 17.2 Å². The summed E-state index contributed by atoms with van der Waals surface area (Å²) in [5.74, 6) is 1.51. The van der Waals surface area contributed by atoms with Gasteiger partial charge in [0.2, 0.25) is 0 Å². The van der Waals surface area contributed by atoms with Crippen molar-refractivity contribution in [3.8, 4) is 5.75 Å². The molecule has 2 aromatic carbocycles. The fourth-order valence-corrected chi connectivity index (χ4v) is 4.84. The zero-order valence-corrected chi connectivity index (χ0v) is 20.0. The highest BCUT2D eigenvalue weighted by Crippen LogP contribution is 2.22. The number of hydrogen-bond donors (Lipinski definition) is 0. The zero-order valence-electron chi connectivity index (χ0n) is 19.2. The van der Waals surface area contributed by atoms with Crippen LogP contribution in [0.15, 0.2) is 60.0 Å². The Bertz CT molecular complexity index is 1030. The van der Waals surface area contributed by atoms with Crippen LogP contribution >= 0.6 is 11.3 Å². The van der Waals surface area contributed by atoms with Crippen molar-refractivity contribution in [2.24, 2.45) is 0 Å². The summed E-state index contributed by atoms with van der Waals surface area (Å²) in [4.78, 5) is 18.2. The minimum atomic E-state index is 0.137. The van der Waals surface area contributed by atoms with Gasteiger partial charge in [-0.15, -0.1) is 11.3 Å². The molecule has 1 saturated heterocycles. The lowest BCUT2D eigenvalue weighted by Crippen LogP contribution is -2.48. The van der Waals surface area contributed by atoms with Crippen LogP contribution in [0.1, 0.15) is 51.7 Å². The van der Waals surface area contributed by atoms with Gasteiger partial charge in [0, 0.05) is 38.3 Å². The molecule has 0 N–H and O–H groups in total. The quantitative estimate of drug-likeness (QED) is 0.464. The largest absolute Gasteiger partial charge is 0.489 e. The highest BCUT2D eigenvalue weighted by atomic mass is 32.1. The van der Waals surface area contributed by atoms with E-state index in [4.69, 9.17) is 4.74 Å². The molecule has 1 amide bonds. The molecule has 2 heterocycles. The molecule has 0 unspecified atom stereocenters. The smallest absolute Gasteiger partial charge is 0.264 e. The van der Waals surface area contributed by atoms with Gasteiger partial charge in [-0.3, -0.25) is 9.69 Å². The summed E-state index contributed by atoms with van der Waals surface area (Å²) in [5.41, 5.74) is 5.05. The SMILES string of the molecule is Cc1ccccc1CN1CCN(C(=O)c2cc(COc3ccc(C(C)C)cc3)cs2)CC1. The van der Waals surface area contributed by atoms with Crippen LogP contribution in [-0.4, -0.2) is 41.9 Å². The second-order valence-electron chi connectivity index (χ2n) is 8.83. The summed E-state index contributed by atoms with van der Waals surface area (Å²) in [6.45, 7) is 11.3. The van der Waals surface area contributed by atoms with Gasteiger partial charge in [0.15, 0.2) is 0 Å². The van der Waals surface area contributed by atoms with Gasteiger partial charge in [-0.2, -0.15) is 0 Å². The molecular weight excluding hydrogens is 416 g/mol. The summed E-state index contributed by atoms with van der Waals surface area (Å²) in [6, 6.07) is 18.8. The zero-order chi connectivity index (χ0) is 22.5. The summed E-state index contributed by atoms with van der Waals surface area (Å²) in [7, 11) is 0. The Morgan fingerprint density at radius 3 is 2.44 bits per heavy atom. The molecule has 0 atom stereocenters. The van der Waals surface area contributed by atoms with Gasteiger partial charge in [-0.25, -0.2) is 0 Å². The predicted octanol–water partition coefficient (Wildman–Crippen LogP) is 5.72. The van der Waals surface area contributed by atoms with E-state index in [1.54, 1.807) is 0 Å². The molecule has 4 rings (SSSR count). The number of carbonyl (C=O) groups excluding carboxylic acids is 1. The Kier molecular flexibility index (Phi) is 7.28. The molecule has 1 fully saturated rings. The highest BCUT2D eigenvalue weighted by molar-refractivity contribution is 7.12. The number of aryl methyl sites for hydroxylation is 1. The second-order valence-corrected chi connectivity index (χ2v) is 9.74. The molecule has 3 aromatic rings. The topological polar surface area (TPSA) is 32.8 Å². The first-order chi connectivity index (χ1) is 15.5. The maximum Gasteiger partial charge on any atom is 0.264 e. The molecule has 0 saturated carbocycles.